The van der Waals surface area contributed by atoms with E-state index >= 15 is 4.39 Å². The molecule has 0 radical (unpaired) electrons. The van der Waals surface area contributed by atoms with Crippen LogP contribution in [0.4, 0.5) is 8.78 Å². The Balaban J connectivity index is 1.80. The summed E-state index contributed by atoms with van der Waals surface area (Å²) in [7, 11) is 0. The molecule has 2 heterocycles. The topological polar surface area (TPSA) is 95.9 Å². The van der Waals surface area contributed by atoms with Gasteiger partial charge in [0.05, 0.1) is 10.7 Å². The van der Waals surface area contributed by atoms with Gasteiger partial charge in [-0.1, -0.05) is 30.7 Å². The van der Waals surface area contributed by atoms with Crippen molar-refractivity contribution in [2.45, 2.75) is 45.9 Å². The van der Waals surface area contributed by atoms with Crippen LogP contribution in [0.3, 0.4) is 0 Å². The fourth-order valence-corrected chi connectivity index (χ4v) is 4.09. The number of hydrogen-bond donors (Lipinski definition) is 1. The zero-order valence-electron chi connectivity index (χ0n) is 20.6. The normalized spacial score (nSPS) is 15.3. The van der Waals surface area contributed by atoms with Gasteiger partial charge in [-0.3, -0.25) is 4.79 Å². The lowest BCUT2D eigenvalue weighted by Gasteiger charge is -2.27. The van der Waals surface area contributed by atoms with Crippen LogP contribution < -0.4 is 10.5 Å². The van der Waals surface area contributed by atoms with Gasteiger partial charge in [-0.2, -0.15) is 5.10 Å². The van der Waals surface area contributed by atoms with E-state index in [1.54, 1.807) is 16.8 Å². The van der Waals surface area contributed by atoms with E-state index < -0.39 is 23.3 Å². The van der Waals surface area contributed by atoms with Crippen LogP contribution in [0.2, 0.25) is 5.02 Å². The second-order valence-corrected chi connectivity index (χ2v) is 8.76. The number of alkyl halides is 1. The fraction of sp³-hybridized carbons (Fsp3) is 0.280. The van der Waals surface area contributed by atoms with Crippen LogP contribution in [-0.2, 0) is 11.4 Å². The van der Waals surface area contributed by atoms with Crippen molar-refractivity contribution in [3.05, 3.63) is 76.2 Å². The average Bonchev–Trinajstić information content (AvgIpc) is 3.23. The van der Waals surface area contributed by atoms with Gasteiger partial charge in [0.2, 0.25) is 0 Å². The van der Waals surface area contributed by atoms with Crippen LogP contribution in [0, 0.1) is 19.7 Å². The molecule has 2 N–H and O–H groups in total. The summed E-state index contributed by atoms with van der Waals surface area (Å²) in [6.45, 7) is 5.44. The number of aromatic nitrogens is 4. The number of carbonyl (C=O) groups is 1. The van der Waals surface area contributed by atoms with E-state index in [0.717, 1.165) is 37.1 Å². The minimum Gasteiger partial charge on any atom is -0.487 e. The first kappa shape index (κ1) is 23.2. The smallest absolute Gasteiger partial charge is 0.255 e. The standard InChI is InChI=1S/C25H24ClF2N5O2/c1-13-8-21(33-15(3)30-12-31-33)17-6-5-7-22(23(17)32-13)35-11-19-18(9-16(27)10-20(19)26)14(2)25(4,28)24(29)34/h5-10,12,14H,11H2,1-4H3,(H2,29,34)/t14-,25?/m0/s1/i14D. The molecule has 2 atom stereocenters. The molecule has 4 rings (SSSR count). The number of hydrogen-bond acceptors (Lipinski definition) is 5. The highest BCUT2D eigenvalue weighted by atomic mass is 35.5. The molecule has 1 amide bonds. The SMILES string of the molecule is [2H][C@](C)(c1cc(F)cc(Cl)c1COc1cccc2c(-n3ncnc3C)cc(C)nc12)C(C)(F)C(N)=O. The molecule has 0 bridgehead atoms. The summed E-state index contributed by atoms with van der Waals surface area (Å²) in [6.07, 6.45) is 1.46. The third kappa shape index (κ3) is 4.55. The lowest BCUT2D eigenvalue weighted by Crippen LogP contribution is -2.41. The molecular weight excluding hydrogens is 476 g/mol. The van der Waals surface area contributed by atoms with Gasteiger partial charge >= 0.3 is 0 Å². The van der Waals surface area contributed by atoms with E-state index in [4.69, 9.17) is 23.4 Å². The number of primary amides is 1. The van der Waals surface area contributed by atoms with Crippen LogP contribution in [0.15, 0.2) is 42.7 Å². The number of aryl methyl sites for hydroxylation is 2. The predicted octanol–water partition coefficient (Wildman–Crippen LogP) is 5.12. The zero-order valence-corrected chi connectivity index (χ0v) is 20.3. The van der Waals surface area contributed by atoms with Gasteiger partial charge in [-0.05, 0) is 50.6 Å². The summed E-state index contributed by atoms with van der Waals surface area (Å²) in [4.78, 5) is 20.6. The Morgan fingerprint density at radius 2 is 2.09 bits per heavy atom. The van der Waals surface area contributed by atoms with Crippen LogP contribution in [-0.4, -0.2) is 31.3 Å². The summed E-state index contributed by atoms with van der Waals surface area (Å²) < 4.78 is 45.9. The summed E-state index contributed by atoms with van der Waals surface area (Å²) in [6, 6.07) is 9.22. The van der Waals surface area contributed by atoms with Gasteiger partial charge in [-0.25, -0.2) is 23.4 Å². The number of ether oxygens (including phenoxy) is 1. The zero-order chi connectivity index (χ0) is 26.4. The Morgan fingerprint density at radius 3 is 2.74 bits per heavy atom. The number of amides is 1. The molecule has 0 fully saturated rings. The average molecular weight is 501 g/mol. The number of para-hydroxylation sites is 1. The molecular formula is C25H24ClF2N5O2. The van der Waals surface area contributed by atoms with Gasteiger partial charge in [0.15, 0.2) is 5.67 Å². The first-order valence-corrected chi connectivity index (χ1v) is 11.1. The van der Waals surface area contributed by atoms with Crippen molar-refractivity contribution >= 4 is 28.4 Å². The van der Waals surface area contributed by atoms with Gasteiger partial charge in [0.1, 0.15) is 35.8 Å². The van der Waals surface area contributed by atoms with Crippen molar-refractivity contribution in [1.82, 2.24) is 19.7 Å². The van der Waals surface area contributed by atoms with Gasteiger partial charge in [0, 0.05) is 23.9 Å². The van der Waals surface area contributed by atoms with E-state index in [2.05, 4.69) is 15.1 Å². The molecule has 0 aliphatic carbocycles. The first-order chi connectivity index (χ1) is 16.8. The van der Waals surface area contributed by atoms with Crippen LogP contribution in [0.1, 0.15) is 43.8 Å². The minimum atomic E-state index is -2.82. The summed E-state index contributed by atoms with van der Waals surface area (Å²) >= 11 is 6.31. The molecule has 35 heavy (non-hydrogen) atoms. The monoisotopic (exact) mass is 500 g/mol. The number of rotatable bonds is 7. The molecule has 0 spiro atoms. The van der Waals surface area contributed by atoms with Gasteiger partial charge in [0.25, 0.3) is 5.91 Å². The Hall–Kier alpha value is -3.59. The molecule has 2 aromatic carbocycles. The lowest BCUT2D eigenvalue weighted by molar-refractivity contribution is -0.129. The molecule has 0 aliphatic rings. The highest BCUT2D eigenvalue weighted by molar-refractivity contribution is 6.31. The number of carbonyl (C=O) groups excluding carboxylic acids is 1. The Kier molecular flexibility index (Phi) is 6.10. The molecule has 1 unspecified atom stereocenters. The number of pyridine rings is 1. The number of halogens is 3. The Bertz CT molecular complexity index is 1490. The third-order valence-electron chi connectivity index (χ3n) is 5.96. The van der Waals surface area contributed by atoms with E-state index in [0.29, 0.717) is 22.8 Å². The van der Waals surface area contributed by atoms with Gasteiger partial charge < -0.3 is 10.5 Å². The van der Waals surface area contributed by atoms with E-state index in [1.165, 1.54) is 6.33 Å². The molecule has 0 aliphatic heterocycles. The van der Waals surface area contributed by atoms with Crippen molar-refractivity contribution in [3.8, 4) is 11.4 Å². The molecule has 7 nitrogen and oxygen atoms in total. The quantitative estimate of drug-likeness (QED) is 0.380. The molecule has 10 heteroatoms. The molecule has 4 aromatic rings. The molecule has 182 valence electrons. The second kappa shape index (κ2) is 9.22. The van der Waals surface area contributed by atoms with E-state index in [1.807, 2.05) is 26.0 Å². The highest BCUT2D eigenvalue weighted by Crippen LogP contribution is 2.37. The molecule has 0 saturated heterocycles. The maximum atomic E-state index is 15.3. The maximum absolute atomic E-state index is 15.3. The van der Waals surface area contributed by atoms with E-state index in [-0.39, 0.29) is 22.8 Å². The number of benzene rings is 2. The van der Waals surface area contributed by atoms with Crippen LogP contribution >= 0.6 is 11.6 Å². The number of fused-ring (bicyclic) bond motifs is 1. The third-order valence-corrected chi connectivity index (χ3v) is 6.30. The second-order valence-electron chi connectivity index (χ2n) is 8.35. The maximum Gasteiger partial charge on any atom is 0.255 e. The largest absolute Gasteiger partial charge is 0.487 e. The minimum absolute atomic E-state index is 0.0768. The van der Waals surface area contributed by atoms with Crippen molar-refractivity contribution in [2.24, 2.45) is 5.73 Å². The fourth-order valence-electron chi connectivity index (χ4n) is 3.83. The van der Waals surface area contributed by atoms with Crippen LogP contribution in [0.25, 0.3) is 16.6 Å². The van der Waals surface area contributed by atoms with Crippen molar-refractivity contribution < 1.29 is 19.7 Å². The van der Waals surface area contributed by atoms with Crippen LogP contribution in [0.5, 0.6) is 5.75 Å². The summed E-state index contributed by atoms with van der Waals surface area (Å²) in [5.74, 6) is -3.32. The van der Waals surface area contributed by atoms with Crippen molar-refractivity contribution in [1.29, 1.82) is 0 Å². The predicted molar refractivity (Wildman–Crippen MR) is 129 cm³/mol. The summed E-state index contributed by atoms with van der Waals surface area (Å²) in [5, 5.41) is 4.95. The Labute approximate surface area is 207 Å². The molecule has 0 saturated carbocycles. The number of nitrogens with zero attached hydrogens (tertiary/aromatic N) is 4. The number of nitrogens with two attached hydrogens (primary N) is 1. The van der Waals surface area contributed by atoms with Crippen molar-refractivity contribution in [2.75, 3.05) is 0 Å². The summed E-state index contributed by atoms with van der Waals surface area (Å²) in [5.41, 5.74) is 4.39. The van der Waals surface area contributed by atoms with Crippen molar-refractivity contribution in [3.63, 3.8) is 0 Å². The highest BCUT2D eigenvalue weighted by Gasteiger charge is 2.39. The van der Waals surface area contributed by atoms with Gasteiger partial charge in [-0.15, -0.1) is 0 Å². The molecule has 2 aromatic heterocycles. The Morgan fingerprint density at radius 1 is 1.34 bits per heavy atom. The van der Waals surface area contributed by atoms with E-state index in [9.17, 15) is 9.18 Å². The lowest BCUT2D eigenvalue weighted by atomic mass is 9.83. The first-order valence-electron chi connectivity index (χ1n) is 11.2.